The smallest absolute Gasteiger partial charge is 0.328 e. The fraction of sp³-hybridized carbons (Fsp3) is 0.700. The minimum Gasteiger partial charge on any atom is -0.467 e. The van der Waals surface area contributed by atoms with Gasteiger partial charge in [0.1, 0.15) is 6.04 Å². The fourth-order valence-electron chi connectivity index (χ4n) is 4.39. The van der Waals surface area contributed by atoms with Gasteiger partial charge >= 0.3 is 5.97 Å². The molecule has 1 aromatic heterocycles. The Morgan fingerprint density at radius 1 is 1.05 bits per heavy atom. The molecule has 0 aliphatic heterocycles. The summed E-state index contributed by atoms with van der Waals surface area (Å²) in [5, 5.41) is 6.75. The quantitative estimate of drug-likeness (QED) is 0.206. The summed E-state index contributed by atoms with van der Waals surface area (Å²) in [5.41, 5.74) is 2.38. The average Bonchev–Trinajstić information content (AvgIpc) is 3.24. The molecule has 2 unspecified atom stereocenters. The molecule has 0 aliphatic rings. The summed E-state index contributed by atoms with van der Waals surface area (Å²) in [7, 11) is 1.42. The Kier molecular flexibility index (Phi) is 13.1. The zero-order valence-corrected chi connectivity index (χ0v) is 25.0. The van der Waals surface area contributed by atoms with Crippen molar-refractivity contribution in [2.45, 2.75) is 86.7 Å². The highest BCUT2D eigenvalue weighted by atomic mass is 16.5. The lowest BCUT2D eigenvalue weighted by atomic mass is 9.99. The van der Waals surface area contributed by atoms with Gasteiger partial charge in [0.25, 0.3) is 5.91 Å². The average molecular weight is 530 g/mol. The number of ether oxygens (including phenoxy) is 1. The molecule has 2 N–H and O–H groups in total. The molecule has 2 aromatic rings. The summed E-state index contributed by atoms with van der Waals surface area (Å²) < 4.78 is 7.20. The van der Waals surface area contributed by atoms with Crippen molar-refractivity contribution in [3.05, 3.63) is 23.8 Å². The number of imidazole rings is 1. The van der Waals surface area contributed by atoms with Crippen LogP contribution in [-0.2, 0) is 16.1 Å². The molecule has 2 rings (SSSR count). The third kappa shape index (κ3) is 9.00. The first-order valence-electron chi connectivity index (χ1n) is 14.5. The topological polar surface area (TPSA) is 88.5 Å². The van der Waals surface area contributed by atoms with Gasteiger partial charge in [-0.05, 0) is 68.3 Å². The zero-order valence-electron chi connectivity index (χ0n) is 25.0. The maximum Gasteiger partial charge on any atom is 0.328 e. The first-order valence-corrected chi connectivity index (χ1v) is 14.5. The number of aryl methyl sites for hydroxylation is 1. The van der Waals surface area contributed by atoms with E-state index >= 15 is 0 Å². The number of hydrogen-bond acceptors (Lipinski definition) is 6. The van der Waals surface area contributed by atoms with Crippen molar-refractivity contribution in [1.29, 1.82) is 0 Å². The van der Waals surface area contributed by atoms with E-state index in [1.165, 1.54) is 7.11 Å². The first-order chi connectivity index (χ1) is 18.1. The third-order valence-corrected chi connectivity index (χ3v) is 7.17. The van der Waals surface area contributed by atoms with Crippen LogP contribution in [0.5, 0.6) is 0 Å². The summed E-state index contributed by atoms with van der Waals surface area (Å²) in [4.78, 5) is 33.1. The summed E-state index contributed by atoms with van der Waals surface area (Å²) in [6.45, 7) is 19.0. The van der Waals surface area contributed by atoms with Crippen LogP contribution in [0.3, 0.4) is 0 Å². The summed E-state index contributed by atoms with van der Waals surface area (Å²) in [5.74, 6) is 1.54. The molecule has 0 saturated carbocycles. The molecule has 0 bridgehead atoms. The van der Waals surface area contributed by atoms with Crippen LogP contribution in [0.15, 0.2) is 18.2 Å². The molecule has 2 atom stereocenters. The lowest BCUT2D eigenvalue weighted by Gasteiger charge is -2.25. The Morgan fingerprint density at radius 3 is 2.26 bits per heavy atom. The normalized spacial score (nSPS) is 13.2. The Morgan fingerprint density at radius 2 is 1.71 bits per heavy atom. The number of hydrogen-bond donors (Lipinski definition) is 2. The highest BCUT2D eigenvalue weighted by molar-refractivity contribution is 5.98. The van der Waals surface area contributed by atoms with Crippen molar-refractivity contribution < 1.29 is 14.3 Å². The molecule has 1 heterocycles. The van der Waals surface area contributed by atoms with Gasteiger partial charge in [0.05, 0.1) is 18.1 Å². The summed E-state index contributed by atoms with van der Waals surface area (Å²) in [6, 6.07) is 5.28. The van der Waals surface area contributed by atoms with Crippen LogP contribution in [0.4, 0.5) is 5.95 Å². The minimum absolute atomic E-state index is 0.0650. The van der Waals surface area contributed by atoms with E-state index in [2.05, 4.69) is 56.7 Å². The van der Waals surface area contributed by atoms with Gasteiger partial charge in [-0.25, -0.2) is 9.78 Å². The number of anilines is 1. The van der Waals surface area contributed by atoms with Gasteiger partial charge in [-0.15, -0.1) is 0 Å². The molecule has 214 valence electrons. The summed E-state index contributed by atoms with van der Waals surface area (Å²) in [6.07, 6.45) is 3.68. The van der Waals surface area contributed by atoms with Gasteiger partial charge in [0.15, 0.2) is 0 Å². The monoisotopic (exact) mass is 529 g/mol. The Labute approximate surface area is 229 Å². The van der Waals surface area contributed by atoms with Crippen LogP contribution in [-0.4, -0.2) is 65.7 Å². The number of methoxy groups -OCH3 is 1. The molecule has 0 saturated heterocycles. The summed E-state index contributed by atoms with van der Waals surface area (Å²) >= 11 is 0. The van der Waals surface area contributed by atoms with Crippen molar-refractivity contribution >= 4 is 28.9 Å². The maximum atomic E-state index is 13.7. The van der Waals surface area contributed by atoms with Crippen molar-refractivity contribution in [2.24, 2.45) is 17.8 Å². The lowest BCUT2D eigenvalue weighted by molar-refractivity contribution is -0.142. The first kappa shape index (κ1) is 31.6. The van der Waals surface area contributed by atoms with Crippen LogP contribution in [0.25, 0.3) is 11.0 Å². The van der Waals surface area contributed by atoms with E-state index in [0.29, 0.717) is 29.9 Å². The molecule has 1 aromatic carbocycles. The van der Waals surface area contributed by atoms with Gasteiger partial charge < -0.3 is 24.8 Å². The lowest BCUT2D eigenvalue weighted by Crippen LogP contribution is -2.37. The second-order valence-corrected chi connectivity index (χ2v) is 11.2. The molecule has 0 radical (unpaired) electrons. The molecule has 0 spiro atoms. The molecular formula is C30H51N5O3. The van der Waals surface area contributed by atoms with E-state index < -0.39 is 6.04 Å². The van der Waals surface area contributed by atoms with E-state index in [9.17, 15) is 9.59 Å². The van der Waals surface area contributed by atoms with Crippen molar-refractivity contribution in [1.82, 2.24) is 19.8 Å². The van der Waals surface area contributed by atoms with Gasteiger partial charge in [0, 0.05) is 25.2 Å². The molecule has 0 fully saturated rings. The molecule has 8 nitrogen and oxygen atoms in total. The number of benzene rings is 1. The van der Waals surface area contributed by atoms with Crippen LogP contribution in [0.2, 0.25) is 0 Å². The molecule has 1 amide bonds. The van der Waals surface area contributed by atoms with Gasteiger partial charge in [-0.3, -0.25) is 4.79 Å². The number of carbonyl (C=O) groups is 2. The number of carbonyl (C=O) groups excluding carboxylic acids is 2. The Bertz CT molecular complexity index is 1000. The third-order valence-electron chi connectivity index (χ3n) is 7.17. The number of amides is 1. The number of esters is 1. The highest BCUT2D eigenvalue weighted by Crippen LogP contribution is 2.25. The molecule has 38 heavy (non-hydrogen) atoms. The Balaban J connectivity index is 2.47. The number of nitrogens with zero attached hydrogens (tertiary/aromatic N) is 3. The second kappa shape index (κ2) is 15.7. The highest BCUT2D eigenvalue weighted by Gasteiger charge is 2.27. The number of nitrogens with one attached hydrogen (secondary N) is 2. The number of aromatic nitrogens is 2. The van der Waals surface area contributed by atoms with E-state index in [0.717, 1.165) is 62.9 Å². The van der Waals surface area contributed by atoms with Gasteiger partial charge in [0.2, 0.25) is 5.95 Å². The standard InChI is InChI=1S/C30H51N5O3/c1-9-23(7)27(29(37)38-8)33-30-32-25-13-12-24(20-26(25)35(30)17-11-16-31-10-2)28(36)34(18-14-21(3)4)19-15-22(5)6/h12-13,20-23,27,31H,9-11,14-19H2,1-8H3,(H,32,33). The van der Waals surface area contributed by atoms with Crippen LogP contribution >= 0.6 is 0 Å². The fourth-order valence-corrected chi connectivity index (χ4v) is 4.39. The van der Waals surface area contributed by atoms with Crippen LogP contribution in [0.1, 0.15) is 84.5 Å². The van der Waals surface area contributed by atoms with Crippen LogP contribution in [0, 0.1) is 17.8 Å². The van der Waals surface area contributed by atoms with Crippen molar-refractivity contribution in [2.75, 3.05) is 38.6 Å². The van der Waals surface area contributed by atoms with E-state index in [1.807, 2.05) is 30.0 Å². The molecule has 0 aliphatic carbocycles. The largest absolute Gasteiger partial charge is 0.467 e. The van der Waals surface area contributed by atoms with E-state index in [4.69, 9.17) is 9.72 Å². The SMILES string of the molecule is CCNCCCn1c(NC(C(=O)OC)C(C)CC)nc2ccc(C(=O)N(CCC(C)C)CCC(C)C)cc21. The molecule has 8 heteroatoms. The minimum atomic E-state index is -0.502. The predicted molar refractivity (Wildman–Crippen MR) is 157 cm³/mol. The van der Waals surface area contributed by atoms with Crippen molar-refractivity contribution in [3.8, 4) is 0 Å². The van der Waals surface area contributed by atoms with Gasteiger partial charge in [-0.2, -0.15) is 0 Å². The molecular weight excluding hydrogens is 478 g/mol. The van der Waals surface area contributed by atoms with E-state index in [1.54, 1.807) is 0 Å². The van der Waals surface area contributed by atoms with Crippen molar-refractivity contribution in [3.63, 3.8) is 0 Å². The van der Waals surface area contributed by atoms with Gasteiger partial charge in [-0.1, -0.05) is 54.9 Å². The Hall–Kier alpha value is -2.61. The number of fused-ring (bicyclic) bond motifs is 1. The number of rotatable bonds is 17. The second-order valence-electron chi connectivity index (χ2n) is 11.2. The van der Waals surface area contributed by atoms with Crippen LogP contribution < -0.4 is 10.6 Å². The zero-order chi connectivity index (χ0) is 28.2. The predicted octanol–water partition coefficient (Wildman–Crippen LogP) is 5.57. The maximum absolute atomic E-state index is 13.7. The van der Waals surface area contributed by atoms with E-state index in [-0.39, 0.29) is 17.8 Å².